The van der Waals surface area contributed by atoms with Gasteiger partial charge in [-0.25, -0.2) is 13.1 Å². The van der Waals surface area contributed by atoms with Crippen LogP contribution in [0.3, 0.4) is 0 Å². The van der Waals surface area contributed by atoms with Crippen molar-refractivity contribution in [3.05, 3.63) is 52.8 Å². The number of nitrogens with one attached hydrogen (secondary N) is 1. The molecule has 0 saturated carbocycles. The van der Waals surface area contributed by atoms with Crippen molar-refractivity contribution in [2.75, 3.05) is 13.2 Å². The molecule has 0 bridgehead atoms. The molecule has 1 aromatic carbocycles. The van der Waals surface area contributed by atoms with E-state index in [4.69, 9.17) is 4.74 Å². The summed E-state index contributed by atoms with van der Waals surface area (Å²) in [5, 5.41) is 6.26. The molecule has 2 heterocycles. The molecule has 1 aromatic heterocycles. The molecule has 3 rings (SSSR count). The molecule has 0 radical (unpaired) electrons. The van der Waals surface area contributed by atoms with E-state index >= 15 is 0 Å². The Kier molecular flexibility index (Phi) is 5.48. The SMILES string of the molecule is O=C(Cn1nc(S(=O)(=O)c2ccccc2)ccc1=O)NC[C@H]1CCCO1. The largest absolute Gasteiger partial charge is 0.376 e. The molecule has 0 unspecified atom stereocenters. The number of benzene rings is 1. The van der Waals surface area contributed by atoms with Crippen LogP contribution in [0.25, 0.3) is 0 Å². The van der Waals surface area contributed by atoms with E-state index in [2.05, 4.69) is 10.4 Å². The van der Waals surface area contributed by atoms with Crippen molar-refractivity contribution in [3.8, 4) is 0 Å². The van der Waals surface area contributed by atoms with Gasteiger partial charge in [-0.2, -0.15) is 5.10 Å². The summed E-state index contributed by atoms with van der Waals surface area (Å²) in [6.07, 6.45) is 1.82. The van der Waals surface area contributed by atoms with Crippen LogP contribution in [-0.4, -0.2) is 43.4 Å². The van der Waals surface area contributed by atoms with Crippen LogP contribution in [0, 0.1) is 0 Å². The second kappa shape index (κ2) is 7.79. The molecule has 138 valence electrons. The average Bonchev–Trinajstić information content (AvgIpc) is 3.16. The Morgan fingerprint density at radius 1 is 1.23 bits per heavy atom. The number of sulfone groups is 1. The maximum Gasteiger partial charge on any atom is 0.267 e. The van der Waals surface area contributed by atoms with E-state index in [1.165, 1.54) is 12.1 Å². The van der Waals surface area contributed by atoms with Crippen LogP contribution in [0.4, 0.5) is 0 Å². The predicted molar refractivity (Wildman–Crippen MR) is 92.4 cm³/mol. The van der Waals surface area contributed by atoms with Gasteiger partial charge in [0.15, 0.2) is 5.03 Å². The van der Waals surface area contributed by atoms with Crippen molar-refractivity contribution in [2.24, 2.45) is 0 Å². The lowest BCUT2D eigenvalue weighted by atomic mass is 10.2. The fraction of sp³-hybridized carbons (Fsp3) is 0.353. The fourth-order valence-electron chi connectivity index (χ4n) is 2.63. The van der Waals surface area contributed by atoms with Crippen molar-refractivity contribution in [1.29, 1.82) is 0 Å². The standard InChI is InChI=1S/C17H19N3O5S/c21-15(18-11-13-5-4-10-25-13)12-20-17(22)9-8-16(19-20)26(23,24)14-6-2-1-3-7-14/h1-3,6-9,13H,4-5,10-12H2,(H,18,21)/t13-/m1/s1. The van der Waals surface area contributed by atoms with Gasteiger partial charge in [-0.05, 0) is 31.0 Å². The van der Waals surface area contributed by atoms with Gasteiger partial charge in [0.1, 0.15) is 6.54 Å². The van der Waals surface area contributed by atoms with Crippen molar-refractivity contribution in [2.45, 2.75) is 35.4 Å². The molecule has 1 fully saturated rings. The predicted octanol–water partition coefficient (Wildman–Crippen LogP) is 0.371. The van der Waals surface area contributed by atoms with Gasteiger partial charge >= 0.3 is 0 Å². The molecule has 2 aromatic rings. The Morgan fingerprint density at radius 3 is 2.69 bits per heavy atom. The van der Waals surface area contributed by atoms with Gasteiger partial charge in [0.05, 0.1) is 11.0 Å². The van der Waals surface area contributed by atoms with Crippen molar-refractivity contribution in [3.63, 3.8) is 0 Å². The van der Waals surface area contributed by atoms with E-state index < -0.39 is 21.3 Å². The lowest BCUT2D eigenvalue weighted by molar-refractivity contribution is -0.122. The summed E-state index contributed by atoms with van der Waals surface area (Å²) < 4.78 is 31.4. The maximum absolute atomic E-state index is 12.6. The van der Waals surface area contributed by atoms with Crippen molar-refractivity contribution < 1.29 is 17.9 Å². The minimum absolute atomic E-state index is 0.0200. The number of aromatic nitrogens is 2. The molecule has 1 aliphatic heterocycles. The zero-order chi connectivity index (χ0) is 18.6. The third-order valence-electron chi connectivity index (χ3n) is 4.02. The molecule has 1 amide bonds. The molecule has 1 aliphatic rings. The number of amides is 1. The molecular weight excluding hydrogens is 358 g/mol. The monoisotopic (exact) mass is 377 g/mol. The summed E-state index contributed by atoms with van der Waals surface area (Å²) in [5.41, 5.74) is -0.552. The second-order valence-corrected chi connectivity index (χ2v) is 7.82. The number of carbonyl (C=O) groups excluding carboxylic acids is 1. The van der Waals surface area contributed by atoms with Gasteiger partial charge < -0.3 is 10.1 Å². The number of hydrogen-bond acceptors (Lipinski definition) is 6. The number of nitrogens with zero attached hydrogens (tertiary/aromatic N) is 2. The van der Waals surface area contributed by atoms with Gasteiger partial charge in [0.25, 0.3) is 5.56 Å². The summed E-state index contributed by atoms with van der Waals surface area (Å²) in [5.74, 6) is -0.427. The first kappa shape index (κ1) is 18.3. The van der Waals surface area contributed by atoms with Gasteiger partial charge in [-0.1, -0.05) is 18.2 Å². The lowest BCUT2D eigenvalue weighted by Gasteiger charge is -2.11. The first-order valence-electron chi connectivity index (χ1n) is 8.23. The second-order valence-electron chi connectivity index (χ2n) is 5.92. The number of carbonyl (C=O) groups is 1. The highest BCUT2D eigenvalue weighted by atomic mass is 32.2. The lowest BCUT2D eigenvalue weighted by Crippen LogP contribution is -2.37. The van der Waals surface area contributed by atoms with E-state index in [9.17, 15) is 18.0 Å². The van der Waals surface area contributed by atoms with Gasteiger partial charge in [0.2, 0.25) is 15.7 Å². The smallest absolute Gasteiger partial charge is 0.267 e. The summed E-state index contributed by atoms with van der Waals surface area (Å²) in [7, 11) is -3.86. The Labute approximate surface area is 150 Å². The highest BCUT2D eigenvalue weighted by Crippen LogP contribution is 2.17. The molecule has 26 heavy (non-hydrogen) atoms. The van der Waals surface area contributed by atoms with Crippen LogP contribution in [0.5, 0.6) is 0 Å². The number of ether oxygens (including phenoxy) is 1. The van der Waals surface area contributed by atoms with E-state index in [0.717, 1.165) is 29.7 Å². The zero-order valence-corrected chi connectivity index (χ0v) is 14.8. The molecule has 0 spiro atoms. The molecule has 1 N–H and O–H groups in total. The van der Waals surface area contributed by atoms with Gasteiger partial charge in [-0.15, -0.1) is 0 Å². The van der Waals surface area contributed by atoms with Crippen LogP contribution in [0.2, 0.25) is 0 Å². The van der Waals surface area contributed by atoms with Crippen LogP contribution >= 0.6 is 0 Å². The van der Waals surface area contributed by atoms with Crippen LogP contribution < -0.4 is 10.9 Å². The first-order valence-corrected chi connectivity index (χ1v) is 9.72. The average molecular weight is 377 g/mol. The highest BCUT2D eigenvalue weighted by Gasteiger charge is 2.21. The van der Waals surface area contributed by atoms with E-state index in [1.807, 2.05) is 0 Å². The molecular formula is C17H19N3O5S. The molecule has 1 atom stereocenters. The van der Waals surface area contributed by atoms with Crippen LogP contribution in [-0.2, 0) is 25.9 Å². The summed E-state index contributed by atoms with van der Waals surface area (Å²) in [6.45, 7) is 0.681. The third kappa shape index (κ3) is 4.17. The molecule has 0 aliphatic carbocycles. The number of rotatable bonds is 6. The topological polar surface area (TPSA) is 107 Å². The fourth-order valence-corrected chi connectivity index (χ4v) is 3.84. The van der Waals surface area contributed by atoms with E-state index in [0.29, 0.717) is 13.2 Å². The summed E-state index contributed by atoms with van der Waals surface area (Å²) >= 11 is 0. The minimum Gasteiger partial charge on any atom is -0.376 e. The van der Waals surface area contributed by atoms with E-state index in [-0.39, 0.29) is 22.6 Å². The molecule has 9 heteroatoms. The zero-order valence-electron chi connectivity index (χ0n) is 14.0. The van der Waals surface area contributed by atoms with Crippen molar-refractivity contribution >= 4 is 15.7 Å². The van der Waals surface area contributed by atoms with Gasteiger partial charge in [-0.3, -0.25) is 9.59 Å². The third-order valence-corrected chi connectivity index (χ3v) is 5.68. The van der Waals surface area contributed by atoms with Crippen molar-refractivity contribution in [1.82, 2.24) is 15.1 Å². The minimum atomic E-state index is -3.86. The van der Waals surface area contributed by atoms with E-state index in [1.54, 1.807) is 18.2 Å². The normalized spacial score (nSPS) is 17.2. The van der Waals surface area contributed by atoms with Crippen LogP contribution in [0.1, 0.15) is 12.8 Å². The van der Waals surface area contributed by atoms with Crippen LogP contribution in [0.15, 0.2) is 57.2 Å². The number of hydrogen-bond donors (Lipinski definition) is 1. The van der Waals surface area contributed by atoms with Gasteiger partial charge in [0, 0.05) is 19.2 Å². The molecule has 8 nitrogen and oxygen atoms in total. The highest BCUT2D eigenvalue weighted by molar-refractivity contribution is 7.91. The Hall–Kier alpha value is -2.52. The maximum atomic E-state index is 12.6. The Morgan fingerprint density at radius 2 is 2.00 bits per heavy atom. The molecule has 1 saturated heterocycles. The summed E-state index contributed by atoms with van der Waals surface area (Å²) in [4.78, 5) is 24.0. The Balaban J connectivity index is 1.75. The quantitative estimate of drug-likeness (QED) is 0.779. The summed E-state index contributed by atoms with van der Waals surface area (Å²) in [6, 6.07) is 10.0. The Bertz CT molecular complexity index is 934. The first-order chi connectivity index (χ1) is 12.5.